The Hall–Kier alpha value is -3.52. The van der Waals surface area contributed by atoms with Crippen LogP contribution in [0, 0.1) is 5.92 Å². The third-order valence-electron chi connectivity index (χ3n) is 14.0. The SMILES string of the molecule is CCCCCCCCCC(c1ccc(N)cc1)c1ccc(C2(c3ccc(C(CCCCCCCCC)c4ccc(N)cc4)cc3)CCC(CCCCCC)CC2)cc1. The largest absolute Gasteiger partial charge is 0.399 e. The van der Waals surface area contributed by atoms with Gasteiger partial charge in [0.15, 0.2) is 0 Å². The topological polar surface area (TPSA) is 52.0 Å². The van der Waals surface area contributed by atoms with E-state index in [9.17, 15) is 0 Å². The first-order chi connectivity index (χ1) is 28.5. The molecule has 1 saturated carbocycles. The molecule has 0 aromatic heterocycles. The zero-order valence-corrected chi connectivity index (χ0v) is 37.3. The monoisotopic (exact) mass is 783 g/mol. The van der Waals surface area contributed by atoms with E-state index in [-0.39, 0.29) is 5.41 Å². The molecule has 4 aromatic rings. The Morgan fingerprint density at radius 3 is 1.09 bits per heavy atom. The lowest BCUT2D eigenvalue weighted by molar-refractivity contribution is 0.250. The Bertz CT molecular complexity index is 1530. The maximum Gasteiger partial charge on any atom is 0.0314 e. The summed E-state index contributed by atoms with van der Waals surface area (Å²) in [4.78, 5) is 0. The lowest BCUT2D eigenvalue weighted by atomic mass is 9.62. The Labute approximate surface area is 356 Å². The van der Waals surface area contributed by atoms with E-state index in [4.69, 9.17) is 11.5 Å². The average Bonchev–Trinajstić information content (AvgIpc) is 3.26. The van der Waals surface area contributed by atoms with E-state index in [1.54, 1.807) is 0 Å². The quantitative estimate of drug-likeness (QED) is 0.0467. The van der Waals surface area contributed by atoms with E-state index >= 15 is 0 Å². The molecule has 2 unspecified atom stereocenters. The molecule has 0 saturated heterocycles. The molecule has 1 aliphatic rings. The molecule has 2 nitrogen and oxygen atoms in total. The predicted octanol–water partition coefficient (Wildman–Crippen LogP) is 16.8. The van der Waals surface area contributed by atoms with Crippen LogP contribution >= 0.6 is 0 Å². The first-order valence-corrected chi connectivity index (χ1v) is 24.4. The van der Waals surface area contributed by atoms with Crippen molar-refractivity contribution >= 4 is 11.4 Å². The minimum absolute atomic E-state index is 0.0569. The highest BCUT2D eigenvalue weighted by Gasteiger charge is 2.38. The summed E-state index contributed by atoms with van der Waals surface area (Å²) in [5, 5.41) is 0. The Morgan fingerprint density at radius 2 is 0.724 bits per heavy atom. The molecular formula is C56H82N2. The van der Waals surface area contributed by atoms with E-state index in [1.165, 1.54) is 194 Å². The van der Waals surface area contributed by atoms with Gasteiger partial charge in [-0.05, 0) is 102 Å². The van der Waals surface area contributed by atoms with E-state index in [0.29, 0.717) is 11.8 Å². The number of rotatable bonds is 27. The van der Waals surface area contributed by atoms with Gasteiger partial charge in [-0.1, -0.05) is 216 Å². The third-order valence-corrected chi connectivity index (χ3v) is 14.0. The summed E-state index contributed by atoms with van der Waals surface area (Å²) in [6.45, 7) is 6.93. The molecule has 58 heavy (non-hydrogen) atoms. The van der Waals surface area contributed by atoms with Crippen LogP contribution in [0.15, 0.2) is 97.1 Å². The molecule has 4 aromatic carbocycles. The zero-order chi connectivity index (χ0) is 40.8. The number of nitrogen functional groups attached to an aromatic ring is 2. The second-order valence-corrected chi connectivity index (χ2v) is 18.4. The van der Waals surface area contributed by atoms with Crippen molar-refractivity contribution in [1.82, 2.24) is 0 Å². The van der Waals surface area contributed by atoms with Gasteiger partial charge in [0.2, 0.25) is 0 Å². The summed E-state index contributed by atoms with van der Waals surface area (Å²) in [6, 6.07) is 37.5. The summed E-state index contributed by atoms with van der Waals surface area (Å²) in [7, 11) is 0. The van der Waals surface area contributed by atoms with Crippen LogP contribution in [0.1, 0.15) is 227 Å². The van der Waals surface area contributed by atoms with Crippen LogP contribution in [0.3, 0.4) is 0 Å². The molecule has 5 rings (SSSR count). The van der Waals surface area contributed by atoms with Crippen LogP contribution in [0.25, 0.3) is 0 Å². The molecule has 1 fully saturated rings. The normalized spacial score (nSPS) is 17.9. The molecule has 0 bridgehead atoms. The van der Waals surface area contributed by atoms with Gasteiger partial charge < -0.3 is 11.5 Å². The van der Waals surface area contributed by atoms with Crippen molar-refractivity contribution in [3.63, 3.8) is 0 Å². The molecule has 0 radical (unpaired) electrons. The van der Waals surface area contributed by atoms with E-state index in [0.717, 1.165) is 17.3 Å². The van der Waals surface area contributed by atoms with E-state index in [2.05, 4.69) is 118 Å². The maximum atomic E-state index is 6.17. The Morgan fingerprint density at radius 1 is 0.414 bits per heavy atom. The fourth-order valence-electron chi connectivity index (χ4n) is 10.3. The summed E-state index contributed by atoms with van der Waals surface area (Å²) in [5.41, 5.74) is 22.8. The molecule has 0 amide bonds. The highest BCUT2D eigenvalue weighted by molar-refractivity contribution is 5.47. The fourth-order valence-corrected chi connectivity index (χ4v) is 10.3. The van der Waals surface area contributed by atoms with Crippen LogP contribution < -0.4 is 11.5 Å². The zero-order valence-electron chi connectivity index (χ0n) is 37.3. The molecule has 2 heteroatoms. The fraction of sp³-hybridized carbons (Fsp3) is 0.571. The van der Waals surface area contributed by atoms with Crippen molar-refractivity contribution in [3.05, 3.63) is 130 Å². The van der Waals surface area contributed by atoms with Gasteiger partial charge in [-0.2, -0.15) is 0 Å². The average molecular weight is 783 g/mol. The van der Waals surface area contributed by atoms with Crippen molar-refractivity contribution in [2.75, 3.05) is 11.5 Å². The summed E-state index contributed by atoms with van der Waals surface area (Å²) in [6.07, 6.45) is 33.2. The van der Waals surface area contributed by atoms with Gasteiger partial charge in [0, 0.05) is 28.6 Å². The van der Waals surface area contributed by atoms with Crippen LogP contribution in [-0.2, 0) is 5.41 Å². The molecule has 4 N–H and O–H groups in total. The van der Waals surface area contributed by atoms with Crippen LogP contribution in [0.4, 0.5) is 11.4 Å². The van der Waals surface area contributed by atoms with Crippen molar-refractivity contribution in [1.29, 1.82) is 0 Å². The van der Waals surface area contributed by atoms with Gasteiger partial charge in [0.25, 0.3) is 0 Å². The molecule has 0 spiro atoms. The number of unbranched alkanes of at least 4 members (excludes halogenated alkanes) is 15. The second-order valence-electron chi connectivity index (χ2n) is 18.4. The number of hydrogen-bond acceptors (Lipinski definition) is 2. The predicted molar refractivity (Wildman–Crippen MR) is 255 cm³/mol. The van der Waals surface area contributed by atoms with Crippen LogP contribution in [0.2, 0.25) is 0 Å². The molecule has 0 aliphatic heterocycles. The van der Waals surface area contributed by atoms with Crippen LogP contribution in [-0.4, -0.2) is 0 Å². The molecule has 0 heterocycles. The van der Waals surface area contributed by atoms with Crippen molar-refractivity contribution < 1.29 is 0 Å². The van der Waals surface area contributed by atoms with Crippen molar-refractivity contribution in [3.8, 4) is 0 Å². The van der Waals surface area contributed by atoms with Gasteiger partial charge in [-0.25, -0.2) is 0 Å². The number of hydrogen-bond donors (Lipinski definition) is 2. The molecule has 2 atom stereocenters. The molecule has 1 aliphatic carbocycles. The van der Waals surface area contributed by atoms with Gasteiger partial charge >= 0.3 is 0 Å². The Kier molecular flexibility index (Phi) is 19.8. The second kappa shape index (κ2) is 25.2. The van der Waals surface area contributed by atoms with Crippen molar-refractivity contribution in [2.45, 2.75) is 199 Å². The van der Waals surface area contributed by atoms with Crippen molar-refractivity contribution in [2.24, 2.45) is 5.92 Å². The molecule has 316 valence electrons. The lowest BCUT2D eigenvalue weighted by Crippen LogP contribution is -2.33. The maximum absolute atomic E-state index is 6.17. The Balaban J connectivity index is 1.38. The first-order valence-electron chi connectivity index (χ1n) is 24.4. The van der Waals surface area contributed by atoms with E-state index < -0.39 is 0 Å². The van der Waals surface area contributed by atoms with E-state index in [1.807, 2.05) is 0 Å². The highest BCUT2D eigenvalue weighted by Crippen LogP contribution is 2.48. The summed E-state index contributed by atoms with van der Waals surface area (Å²) < 4.78 is 0. The minimum Gasteiger partial charge on any atom is -0.399 e. The first kappa shape index (κ1) is 45.6. The smallest absolute Gasteiger partial charge is 0.0314 e. The minimum atomic E-state index is 0.0569. The third kappa shape index (κ3) is 13.8. The van der Waals surface area contributed by atoms with Gasteiger partial charge in [-0.3, -0.25) is 0 Å². The molecular weight excluding hydrogens is 701 g/mol. The standard InChI is InChI=1S/C56H82N2/c1-4-7-10-13-15-17-20-23-54(48-29-37-52(57)38-30-48)46-25-33-50(34-26-46)56(43-41-45(42-44-56)22-19-12-9-6-3)51-35-27-47(28-36-51)55(49-31-39-53(58)40-32-49)24-21-18-16-14-11-8-5-2/h25-40,45,54-55H,4-24,41-44,57-58H2,1-3H3. The van der Waals surface area contributed by atoms with Gasteiger partial charge in [0.05, 0.1) is 0 Å². The van der Waals surface area contributed by atoms with Crippen LogP contribution in [0.5, 0.6) is 0 Å². The lowest BCUT2D eigenvalue weighted by Gasteiger charge is -2.42. The summed E-state index contributed by atoms with van der Waals surface area (Å²) in [5.74, 6) is 1.67. The number of benzene rings is 4. The van der Waals surface area contributed by atoms with Gasteiger partial charge in [-0.15, -0.1) is 0 Å². The number of anilines is 2. The highest BCUT2D eigenvalue weighted by atomic mass is 14.5. The number of nitrogens with two attached hydrogens (primary N) is 2. The van der Waals surface area contributed by atoms with Gasteiger partial charge in [0.1, 0.15) is 0 Å². The summed E-state index contributed by atoms with van der Waals surface area (Å²) >= 11 is 0.